The molecule has 1 aliphatic heterocycles. The van der Waals surface area contributed by atoms with E-state index in [0.29, 0.717) is 13.2 Å². The molecule has 21 heavy (non-hydrogen) atoms. The number of nitrogens with one attached hydrogen (secondary N) is 1. The van der Waals surface area contributed by atoms with E-state index in [9.17, 15) is 9.59 Å². The van der Waals surface area contributed by atoms with Crippen molar-refractivity contribution in [2.75, 3.05) is 26.7 Å². The van der Waals surface area contributed by atoms with Gasteiger partial charge >= 0.3 is 0 Å². The van der Waals surface area contributed by atoms with Gasteiger partial charge in [0.25, 0.3) is 0 Å². The first-order valence-corrected chi connectivity index (χ1v) is 6.97. The topological polar surface area (TPSA) is 58.6 Å². The van der Waals surface area contributed by atoms with Crippen LogP contribution in [0.2, 0.25) is 0 Å². The Kier molecular flexibility index (Phi) is 4.98. The summed E-state index contributed by atoms with van der Waals surface area (Å²) in [6.45, 7) is 4.64. The average Bonchev–Trinajstić information content (AvgIpc) is 2.51. The number of benzene rings is 1. The highest BCUT2D eigenvalue weighted by Gasteiger charge is 2.21. The molecule has 0 aromatic heterocycles. The van der Waals surface area contributed by atoms with Crippen LogP contribution >= 0.6 is 0 Å². The molecule has 1 aromatic carbocycles. The third-order valence-corrected chi connectivity index (χ3v) is 3.56. The summed E-state index contributed by atoms with van der Waals surface area (Å²) < 4.78 is 5.59. The highest BCUT2D eigenvalue weighted by atomic mass is 16.5. The molecule has 0 spiro atoms. The van der Waals surface area contributed by atoms with Crippen LogP contribution < -0.4 is 10.1 Å². The van der Waals surface area contributed by atoms with Gasteiger partial charge in [0.1, 0.15) is 5.75 Å². The number of amides is 2. The predicted octanol–water partition coefficient (Wildman–Crippen LogP) is 1.31. The second-order valence-corrected chi connectivity index (χ2v) is 5.07. The third kappa shape index (κ3) is 3.84. The minimum absolute atomic E-state index is 0.0374. The highest BCUT2D eigenvalue weighted by Crippen LogP contribution is 2.32. The maximum absolute atomic E-state index is 11.9. The van der Waals surface area contributed by atoms with Crippen molar-refractivity contribution < 1.29 is 14.3 Å². The third-order valence-electron chi connectivity index (χ3n) is 3.56. The number of nitrogens with zero attached hydrogens (tertiary/aromatic N) is 1. The number of carbonyl (C=O) groups is 2. The highest BCUT2D eigenvalue weighted by molar-refractivity contribution is 5.90. The van der Waals surface area contributed by atoms with Crippen molar-refractivity contribution in [3.05, 3.63) is 42.5 Å². The smallest absolute Gasteiger partial charge is 0.246 e. The van der Waals surface area contributed by atoms with Crippen molar-refractivity contribution in [2.45, 2.75) is 12.3 Å². The maximum Gasteiger partial charge on any atom is 0.246 e. The van der Waals surface area contributed by atoms with E-state index in [1.165, 1.54) is 11.0 Å². The van der Waals surface area contributed by atoms with Gasteiger partial charge in [0.15, 0.2) is 0 Å². The van der Waals surface area contributed by atoms with Gasteiger partial charge in [0, 0.05) is 19.5 Å². The maximum atomic E-state index is 11.9. The number of carbonyl (C=O) groups excluding carboxylic acids is 2. The Balaban J connectivity index is 1.88. The van der Waals surface area contributed by atoms with Crippen molar-refractivity contribution >= 4 is 11.8 Å². The van der Waals surface area contributed by atoms with E-state index >= 15 is 0 Å². The molecule has 1 heterocycles. The van der Waals surface area contributed by atoms with Gasteiger partial charge in [-0.25, -0.2) is 0 Å². The minimum Gasteiger partial charge on any atom is -0.493 e. The Bertz CT molecular complexity index is 542. The number of ether oxygens (including phenoxy) is 1. The van der Waals surface area contributed by atoms with E-state index in [4.69, 9.17) is 4.74 Å². The summed E-state index contributed by atoms with van der Waals surface area (Å²) in [6.07, 6.45) is 2.07. The number of hydrogen-bond acceptors (Lipinski definition) is 3. The molecule has 1 N–H and O–H groups in total. The zero-order valence-electron chi connectivity index (χ0n) is 12.2. The number of fused-ring (bicyclic) bond motifs is 1. The summed E-state index contributed by atoms with van der Waals surface area (Å²) >= 11 is 0. The Hall–Kier alpha value is -2.30. The molecule has 112 valence electrons. The minimum atomic E-state index is -0.262. The normalized spacial score (nSPS) is 16.3. The van der Waals surface area contributed by atoms with Gasteiger partial charge in [0.2, 0.25) is 11.8 Å². The molecule has 1 aliphatic rings. The Morgan fingerprint density at radius 1 is 1.48 bits per heavy atom. The molecule has 5 nitrogen and oxygen atoms in total. The van der Waals surface area contributed by atoms with Gasteiger partial charge < -0.3 is 15.0 Å². The fourth-order valence-corrected chi connectivity index (χ4v) is 2.37. The monoisotopic (exact) mass is 288 g/mol. The molecule has 0 aliphatic carbocycles. The summed E-state index contributed by atoms with van der Waals surface area (Å²) in [5.74, 6) is 0.708. The Morgan fingerprint density at radius 3 is 3.00 bits per heavy atom. The second-order valence-electron chi connectivity index (χ2n) is 5.07. The summed E-state index contributed by atoms with van der Waals surface area (Å²) in [5, 5.41) is 2.88. The molecule has 2 rings (SSSR count). The molecule has 0 saturated carbocycles. The van der Waals surface area contributed by atoms with Gasteiger partial charge in [-0.3, -0.25) is 9.59 Å². The number of rotatable bonds is 5. The SMILES string of the molecule is C=CC(=O)N(C)CC(=O)NCC1CCOc2ccccc21. The first-order valence-electron chi connectivity index (χ1n) is 6.97. The van der Waals surface area contributed by atoms with E-state index in [2.05, 4.69) is 11.9 Å². The second kappa shape index (κ2) is 6.92. The first-order chi connectivity index (χ1) is 10.1. The predicted molar refractivity (Wildman–Crippen MR) is 80.1 cm³/mol. The van der Waals surface area contributed by atoms with Crippen LogP contribution in [0.4, 0.5) is 0 Å². The standard InChI is InChI=1S/C16H20N2O3/c1-3-16(20)18(2)11-15(19)17-10-12-8-9-21-14-7-5-4-6-13(12)14/h3-7,12H,1,8-11H2,2H3,(H,17,19). The van der Waals surface area contributed by atoms with Crippen LogP contribution in [0.25, 0.3) is 0 Å². The lowest BCUT2D eigenvalue weighted by atomic mass is 9.93. The molecule has 0 saturated heterocycles. The number of para-hydroxylation sites is 1. The van der Waals surface area contributed by atoms with E-state index in [1.54, 1.807) is 7.05 Å². The van der Waals surface area contributed by atoms with Gasteiger partial charge in [-0.1, -0.05) is 24.8 Å². The van der Waals surface area contributed by atoms with Crippen LogP contribution in [0.1, 0.15) is 17.9 Å². The summed E-state index contributed by atoms with van der Waals surface area (Å²) in [5.41, 5.74) is 1.12. The van der Waals surface area contributed by atoms with Crippen LogP contribution in [0, 0.1) is 0 Å². The van der Waals surface area contributed by atoms with Gasteiger partial charge in [-0.05, 0) is 24.1 Å². The molecule has 0 fully saturated rings. The van der Waals surface area contributed by atoms with Crippen molar-refractivity contribution in [1.82, 2.24) is 10.2 Å². The number of likely N-dealkylation sites (N-methyl/N-ethyl adjacent to an activating group) is 1. The molecule has 1 unspecified atom stereocenters. The molecular formula is C16H20N2O3. The quantitative estimate of drug-likeness (QED) is 0.831. The fourth-order valence-electron chi connectivity index (χ4n) is 2.37. The summed E-state index contributed by atoms with van der Waals surface area (Å²) in [6, 6.07) is 7.88. The lowest BCUT2D eigenvalue weighted by molar-refractivity contribution is -0.131. The average molecular weight is 288 g/mol. The molecule has 1 aromatic rings. The van der Waals surface area contributed by atoms with E-state index in [-0.39, 0.29) is 24.3 Å². The van der Waals surface area contributed by atoms with E-state index in [1.807, 2.05) is 24.3 Å². The molecule has 2 amide bonds. The summed E-state index contributed by atoms with van der Waals surface area (Å²) in [4.78, 5) is 24.5. The van der Waals surface area contributed by atoms with Crippen LogP contribution in [-0.2, 0) is 9.59 Å². The van der Waals surface area contributed by atoms with E-state index in [0.717, 1.165) is 17.7 Å². The molecule has 0 radical (unpaired) electrons. The lowest BCUT2D eigenvalue weighted by Gasteiger charge is -2.26. The van der Waals surface area contributed by atoms with Crippen LogP contribution in [0.5, 0.6) is 5.75 Å². The zero-order valence-corrected chi connectivity index (χ0v) is 12.2. The van der Waals surface area contributed by atoms with Crippen molar-refractivity contribution in [2.24, 2.45) is 0 Å². The van der Waals surface area contributed by atoms with Crippen molar-refractivity contribution in [1.29, 1.82) is 0 Å². The van der Waals surface area contributed by atoms with Crippen molar-refractivity contribution in [3.8, 4) is 5.75 Å². The molecule has 0 bridgehead atoms. The number of hydrogen-bond donors (Lipinski definition) is 1. The molecule has 1 atom stereocenters. The fraction of sp³-hybridized carbons (Fsp3) is 0.375. The van der Waals surface area contributed by atoms with Gasteiger partial charge in [-0.2, -0.15) is 0 Å². The lowest BCUT2D eigenvalue weighted by Crippen LogP contribution is -2.39. The molecule has 5 heteroatoms. The largest absolute Gasteiger partial charge is 0.493 e. The Labute approximate surface area is 124 Å². The Morgan fingerprint density at radius 2 is 2.24 bits per heavy atom. The van der Waals surface area contributed by atoms with Crippen LogP contribution in [-0.4, -0.2) is 43.5 Å². The van der Waals surface area contributed by atoms with Crippen LogP contribution in [0.3, 0.4) is 0 Å². The summed E-state index contributed by atoms with van der Waals surface area (Å²) in [7, 11) is 1.58. The first kappa shape index (κ1) is 15.1. The zero-order chi connectivity index (χ0) is 15.2. The van der Waals surface area contributed by atoms with Gasteiger partial charge in [-0.15, -0.1) is 0 Å². The van der Waals surface area contributed by atoms with E-state index < -0.39 is 0 Å². The van der Waals surface area contributed by atoms with Gasteiger partial charge in [0.05, 0.1) is 13.2 Å². The van der Waals surface area contributed by atoms with Crippen molar-refractivity contribution in [3.63, 3.8) is 0 Å². The van der Waals surface area contributed by atoms with Crippen LogP contribution in [0.15, 0.2) is 36.9 Å². The molecular weight excluding hydrogens is 268 g/mol.